The Morgan fingerprint density at radius 2 is 2.22 bits per heavy atom. The van der Waals surface area contributed by atoms with E-state index < -0.39 is 0 Å². The Kier molecular flexibility index (Phi) is 9.42. The maximum atomic E-state index is 11.8. The molecule has 0 saturated heterocycles. The number of amides is 1. The van der Waals surface area contributed by atoms with E-state index in [2.05, 4.69) is 12.2 Å². The monoisotopic (exact) mass is 278 g/mol. The number of hydrogen-bond acceptors (Lipinski definition) is 3. The van der Waals surface area contributed by atoms with Crippen molar-refractivity contribution in [2.75, 3.05) is 13.7 Å². The van der Waals surface area contributed by atoms with Gasteiger partial charge in [0.1, 0.15) is 0 Å². The summed E-state index contributed by atoms with van der Waals surface area (Å²) in [6, 6.07) is 0.358. The topological polar surface area (TPSA) is 64.4 Å². The van der Waals surface area contributed by atoms with Gasteiger partial charge in [-0.3, -0.25) is 4.79 Å². The summed E-state index contributed by atoms with van der Waals surface area (Å²) in [7, 11) is 1.60. The molecule has 0 aliphatic heterocycles. The van der Waals surface area contributed by atoms with E-state index >= 15 is 0 Å². The summed E-state index contributed by atoms with van der Waals surface area (Å²) in [6.07, 6.45) is 6.22. The highest BCUT2D eigenvalue weighted by molar-refractivity contribution is 5.85. The minimum atomic E-state index is -0.152. The smallest absolute Gasteiger partial charge is 0.222 e. The first-order valence-electron chi connectivity index (χ1n) is 6.71. The first-order valence-corrected chi connectivity index (χ1v) is 6.71. The number of nitrogens with two attached hydrogens (primary N) is 1. The molecule has 3 atom stereocenters. The van der Waals surface area contributed by atoms with Gasteiger partial charge in [-0.1, -0.05) is 26.2 Å². The molecule has 1 amide bonds. The largest absolute Gasteiger partial charge is 0.380 e. The van der Waals surface area contributed by atoms with Crippen molar-refractivity contribution in [1.82, 2.24) is 5.32 Å². The van der Waals surface area contributed by atoms with E-state index in [4.69, 9.17) is 10.5 Å². The molecular weight excluding hydrogens is 252 g/mol. The summed E-state index contributed by atoms with van der Waals surface area (Å²) in [5, 5.41) is 3.11. The fraction of sp³-hybridized carbons (Fsp3) is 0.923. The third-order valence-corrected chi connectivity index (χ3v) is 3.73. The van der Waals surface area contributed by atoms with Crippen LogP contribution in [0.5, 0.6) is 0 Å². The Morgan fingerprint density at radius 3 is 2.78 bits per heavy atom. The molecule has 3 unspecified atom stereocenters. The van der Waals surface area contributed by atoms with Crippen LogP contribution in [-0.4, -0.2) is 31.7 Å². The number of rotatable bonds is 6. The molecule has 1 saturated carbocycles. The van der Waals surface area contributed by atoms with Crippen LogP contribution < -0.4 is 11.1 Å². The molecule has 0 aromatic heterocycles. The van der Waals surface area contributed by atoms with Crippen LogP contribution in [0.4, 0.5) is 0 Å². The van der Waals surface area contributed by atoms with Crippen molar-refractivity contribution in [3.8, 4) is 0 Å². The third kappa shape index (κ3) is 6.03. The highest BCUT2D eigenvalue weighted by atomic mass is 35.5. The van der Waals surface area contributed by atoms with Gasteiger partial charge in [0.05, 0.1) is 12.5 Å². The van der Waals surface area contributed by atoms with Crippen LogP contribution >= 0.6 is 12.4 Å². The molecule has 0 heterocycles. The average molecular weight is 279 g/mol. The number of carbonyl (C=O) groups is 1. The lowest BCUT2D eigenvalue weighted by Gasteiger charge is -2.29. The quantitative estimate of drug-likeness (QED) is 0.779. The third-order valence-electron chi connectivity index (χ3n) is 3.73. The molecule has 4 nitrogen and oxygen atoms in total. The zero-order chi connectivity index (χ0) is 12.7. The Hall–Kier alpha value is -0.320. The number of halogens is 1. The Labute approximate surface area is 116 Å². The van der Waals surface area contributed by atoms with Gasteiger partial charge in [0.2, 0.25) is 5.91 Å². The Balaban J connectivity index is 0.00000289. The molecule has 0 bridgehead atoms. The van der Waals surface area contributed by atoms with Gasteiger partial charge in [0.15, 0.2) is 0 Å². The van der Waals surface area contributed by atoms with Gasteiger partial charge >= 0.3 is 0 Å². The molecule has 1 fully saturated rings. The summed E-state index contributed by atoms with van der Waals surface area (Å²) in [5.41, 5.74) is 5.50. The van der Waals surface area contributed by atoms with Gasteiger partial charge in [0.25, 0.3) is 0 Å². The summed E-state index contributed by atoms with van der Waals surface area (Å²) >= 11 is 0. The average Bonchev–Trinajstić information content (AvgIpc) is 2.36. The van der Waals surface area contributed by atoms with Crippen molar-refractivity contribution in [1.29, 1.82) is 0 Å². The first kappa shape index (κ1) is 17.7. The molecular formula is C13H27ClN2O2. The Bertz CT molecular complexity index is 235. The normalized spacial score (nSPS) is 25.1. The maximum absolute atomic E-state index is 11.8. The van der Waals surface area contributed by atoms with Crippen LogP contribution in [0.25, 0.3) is 0 Å². The fourth-order valence-electron chi connectivity index (χ4n) is 2.55. The van der Waals surface area contributed by atoms with Crippen LogP contribution in [-0.2, 0) is 9.53 Å². The Morgan fingerprint density at radius 1 is 1.50 bits per heavy atom. The van der Waals surface area contributed by atoms with Gasteiger partial charge in [-0.05, 0) is 18.8 Å². The first-order chi connectivity index (χ1) is 8.19. The summed E-state index contributed by atoms with van der Waals surface area (Å²) in [6.45, 7) is 2.62. The van der Waals surface area contributed by atoms with E-state index in [1.165, 1.54) is 19.3 Å². The lowest BCUT2D eigenvalue weighted by atomic mass is 9.84. The zero-order valence-corrected chi connectivity index (χ0v) is 12.3. The van der Waals surface area contributed by atoms with E-state index in [1.54, 1.807) is 7.11 Å². The molecule has 1 aliphatic carbocycles. The van der Waals surface area contributed by atoms with Crippen molar-refractivity contribution in [2.24, 2.45) is 11.7 Å². The highest BCUT2D eigenvalue weighted by Crippen LogP contribution is 2.26. The molecule has 1 aliphatic rings. The predicted molar refractivity (Wildman–Crippen MR) is 75.9 cm³/mol. The van der Waals surface area contributed by atoms with Crippen LogP contribution in [0.15, 0.2) is 0 Å². The van der Waals surface area contributed by atoms with Crippen LogP contribution in [0.2, 0.25) is 0 Å². The van der Waals surface area contributed by atoms with Crippen molar-refractivity contribution in [3.63, 3.8) is 0 Å². The number of ether oxygens (including phenoxy) is 1. The molecule has 0 spiro atoms. The second-order valence-electron chi connectivity index (χ2n) is 5.00. The molecule has 5 heteroatoms. The molecule has 0 aromatic carbocycles. The van der Waals surface area contributed by atoms with Crippen LogP contribution in [0, 0.1) is 5.92 Å². The van der Waals surface area contributed by atoms with Crippen molar-refractivity contribution < 1.29 is 9.53 Å². The summed E-state index contributed by atoms with van der Waals surface area (Å²) in [5.74, 6) is 0.853. The minimum absolute atomic E-state index is 0. The van der Waals surface area contributed by atoms with Gasteiger partial charge in [-0.25, -0.2) is 0 Å². The van der Waals surface area contributed by atoms with Gasteiger partial charge in [0, 0.05) is 19.7 Å². The van der Waals surface area contributed by atoms with E-state index in [1.807, 2.05) is 0 Å². The van der Waals surface area contributed by atoms with Gasteiger partial charge in [-0.2, -0.15) is 0 Å². The van der Waals surface area contributed by atoms with E-state index in [-0.39, 0.29) is 24.4 Å². The van der Waals surface area contributed by atoms with Crippen molar-refractivity contribution in [3.05, 3.63) is 0 Å². The molecule has 108 valence electrons. The van der Waals surface area contributed by atoms with Crippen LogP contribution in [0.1, 0.15) is 45.4 Å². The number of methoxy groups -OCH3 is 1. The SMILES string of the molecule is CCC1CCCC(NC(=O)CC(CN)OC)C1.Cl. The second kappa shape index (κ2) is 9.59. The number of carbonyl (C=O) groups excluding carboxylic acids is 1. The molecule has 18 heavy (non-hydrogen) atoms. The van der Waals surface area contributed by atoms with E-state index in [0.29, 0.717) is 19.0 Å². The molecule has 1 rings (SSSR count). The molecule has 0 aromatic rings. The molecule has 3 N–H and O–H groups in total. The van der Waals surface area contributed by atoms with Gasteiger partial charge < -0.3 is 15.8 Å². The van der Waals surface area contributed by atoms with E-state index in [9.17, 15) is 4.79 Å². The molecule has 0 radical (unpaired) electrons. The second-order valence-corrected chi connectivity index (χ2v) is 5.00. The van der Waals surface area contributed by atoms with Crippen molar-refractivity contribution in [2.45, 2.75) is 57.6 Å². The lowest BCUT2D eigenvalue weighted by molar-refractivity contribution is -0.124. The summed E-state index contributed by atoms with van der Waals surface area (Å²) in [4.78, 5) is 11.8. The van der Waals surface area contributed by atoms with E-state index in [0.717, 1.165) is 18.8 Å². The van der Waals surface area contributed by atoms with Gasteiger partial charge in [-0.15, -0.1) is 12.4 Å². The number of nitrogens with one attached hydrogen (secondary N) is 1. The highest BCUT2D eigenvalue weighted by Gasteiger charge is 2.22. The van der Waals surface area contributed by atoms with Crippen molar-refractivity contribution >= 4 is 18.3 Å². The predicted octanol–water partition coefficient (Wildman–Crippen LogP) is 1.86. The maximum Gasteiger partial charge on any atom is 0.222 e. The minimum Gasteiger partial charge on any atom is -0.380 e. The zero-order valence-electron chi connectivity index (χ0n) is 11.5. The number of hydrogen-bond donors (Lipinski definition) is 2. The lowest BCUT2D eigenvalue weighted by Crippen LogP contribution is -2.40. The standard InChI is InChI=1S/C13H26N2O2.ClH/c1-3-10-5-4-6-11(7-10)15-13(16)8-12(9-14)17-2;/h10-12H,3-9,14H2,1-2H3,(H,15,16);1H. The van der Waals surface area contributed by atoms with Crippen LogP contribution in [0.3, 0.4) is 0 Å². The summed E-state index contributed by atoms with van der Waals surface area (Å²) < 4.78 is 5.12. The fourth-order valence-corrected chi connectivity index (χ4v) is 2.55.